The third-order valence-electron chi connectivity index (χ3n) is 12.4. The largest absolute Gasteiger partial charge is 0.459 e. The quantitative estimate of drug-likeness (QED) is 0.254. The summed E-state index contributed by atoms with van der Waals surface area (Å²) in [7, 11) is 5.05. The Kier molecular flexibility index (Phi) is 12.3. The highest BCUT2D eigenvalue weighted by Crippen LogP contribution is 2.54. The van der Waals surface area contributed by atoms with Gasteiger partial charge in [0.15, 0.2) is 18.2 Å². The number of fused-ring (bicyclic) bond motifs is 3. The van der Waals surface area contributed by atoms with Crippen molar-refractivity contribution < 1.29 is 63.5 Å². The molecule has 0 aromatic rings. The summed E-state index contributed by atoms with van der Waals surface area (Å²) in [4.78, 5) is 29.9. The van der Waals surface area contributed by atoms with Crippen LogP contribution in [-0.4, -0.2) is 147 Å². The molecule has 4 fully saturated rings. The second kappa shape index (κ2) is 14.8. The lowest BCUT2D eigenvalue weighted by Gasteiger charge is -2.52. The van der Waals surface area contributed by atoms with Crippen molar-refractivity contribution in [3.63, 3.8) is 0 Å². The van der Waals surface area contributed by atoms with E-state index in [-0.39, 0.29) is 25.4 Å². The molecule has 5 N–H and O–H groups in total. The van der Waals surface area contributed by atoms with Crippen LogP contribution in [-0.2, 0) is 38.0 Å². The van der Waals surface area contributed by atoms with Crippen LogP contribution in [0.5, 0.6) is 0 Å². The van der Waals surface area contributed by atoms with Gasteiger partial charge in [-0.2, -0.15) is 0 Å². The van der Waals surface area contributed by atoms with E-state index in [9.17, 15) is 35.1 Å². The molecule has 0 radical (unpaired) electrons. The van der Waals surface area contributed by atoms with Gasteiger partial charge in [-0.15, -0.1) is 0 Å². The van der Waals surface area contributed by atoms with Crippen molar-refractivity contribution >= 4 is 11.8 Å². The zero-order valence-electron chi connectivity index (χ0n) is 31.9. The van der Waals surface area contributed by atoms with Gasteiger partial charge in [-0.1, -0.05) is 27.7 Å². The molecular formula is C36H63NO13. The average Bonchev–Trinajstić information content (AvgIpc) is 3.27. The number of cyclic esters (lactones) is 1. The zero-order chi connectivity index (χ0) is 37.9. The number of aliphatic hydroxyl groups excluding tert-OH is 2. The van der Waals surface area contributed by atoms with E-state index in [0.29, 0.717) is 6.42 Å². The molecule has 4 unspecified atom stereocenters. The molecule has 290 valence electrons. The number of carbonyl (C=O) groups is 2. The molecular weight excluding hydrogens is 654 g/mol. The lowest BCUT2D eigenvalue weighted by atomic mass is 9.65. The van der Waals surface area contributed by atoms with E-state index in [1.165, 1.54) is 21.0 Å². The molecule has 4 saturated heterocycles. The number of rotatable bonds is 5. The van der Waals surface area contributed by atoms with Crippen molar-refractivity contribution in [2.75, 3.05) is 21.2 Å². The van der Waals surface area contributed by atoms with Crippen LogP contribution in [0.25, 0.3) is 0 Å². The molecule has 0 aromatic heterocycles. The van der Waals surface area contributed by atoms with Crippen LogP contribution < -0.4 is 0 Å². The number of Topliss-reactive ketones (excluding diaryl/α,β-unsaturated/α-hetero) is 1. The number of hydrogen-bond donors (Lipinski definition) is 5. The maximum Gasteiger partial charge on any atom is 0.311 e. The Balaban J connectivity index is 1.89. The SMILES string of the molecule is CC[C@H]1OC(=O)[C@H](C)[C@@H](O[C@H]2CC(C)(OC)C(O)[C@@H](C)O2)[C@H](C)[C@H]2O[C@@H]3O[C@H](C)CC(N(C)C)C3(O)[C@@]2(O)C[C@@H](C)C(=O)[C@H](C)[C@@H](O)[C@]1(C)O. The van der Waals surface area contributed by atoms with Crippen LogP contribution in [0.15, 0.2) is 0 Å². The Hall–Kier alpha value is -1.30. The standard InChI is InChI=1S/C36H63NO13/c1-13-24-34(9,42)28(39)19(4)26(38)17(2)15-35(43)30(50-32-36(35,44)23(37(10)11)14-18(3)46-32)20(5)27(21(6)31(41)48-24)49-25-16-33(8,45-12)29(40)22(7)47-25/h17-25,27-30,32,39-40,42-44H,13-16H2,1-12H3/t17-,18-,19+,20+,21-,22-,23?,24-,25+,27+,28-,29?,30-,32+,33?,34-,35-,36?/m1/s1. The first-order chi connectivity index (χ1) is 23.0. The fourth-order valence-electron chi connectivity index (χ4n) is 9.07. The van der Waals surface area contributed by atoms with E-state index in [1.54, 1.807) is 60.5 Å². The molecule has 4 heterocycles. The van der Waals surface area contributed by atoms with Gasteiger partial charge in [0.2, 0.25) is 0 Å². The number of likely N-dealkylation sites (N-methyl/N-ethyl adjacent to an activating group) is 1. The maximum atomic E-state index is 14.1. The summed E-state index contributed by atoms with van der Waals surface area (Å²) < 4.78 is 37.0. The number of ether oxygens (including phenoxy) is 6. The molecule has 0 saturated carbocycles. The van der Waals surface area contributed by atoms with Gasteiger partial charge in [-0.25, -0.2) is 0 Å². The topological polar surface area (TPSA) is 194 Å². The van der Waals surface area contributed by atoms with Crippen LogP contribution in [0.4, 0.5) is 0 Å². The molecule has 14 nitrogen and oxygen atoms in total. The number of esters is 1. The lowest BCUT2D eigenvalue weighted by molar-refractivity contribution is -0.300. The fourth-order valence-corrected chi connectivity index (χ4v) is 9.07. The van der Waals surface area contributed by atoms with Crippen molar-refractivity contribution in [3.05, 3.63) is 0 Å². The third-order valence-corrected chi connectivity index (χ3v) is 12.4. The number of aliphatic hydroxyl groups is 5. The Labute approximate surface area is 296 Å². The summed E-state index contributed by atoms with van der Waals surface area (Å²) in [5.74, 6) is -5.22. The first-order valence-corrected chi connectivity index (χ1v) is 18.1. The smallest absolute Gasteiger partial charge is 0.311 e. The highest BCUT2D eigenvalue weighted by molar-refractivity contribution is 5.83. The molecule has 18 atom stereocenters. The summed E-state index contributed by atoms with van der Waals surface area (Å²) in [6, 6.07) is -0.665. The number of methoxy groups -OCH3 is 1. The Morgan fingerprint density at radius 1 is 0.900 bits per heavy atom. The van der Waals surface area contributed by atoms with Gasteiger partial charge in [0.05, 0.1) is 42.0 Å². The number of ketones is 1. The predicted molar refractivity (Wildman–Crippen MR) is 180 cm³/mol. The van der Waals surface area contributed by atoms with Crippen molar-refractivity contribution in [2.24, 2.45) is 23.7 Å². The monoisotopic (exact) mass is 717 g/mol. The van der Waals surface area contributed by atoms with Gasteiger partial charge in [0, 0.05) is 37.3 Å². The van der Waals surface area contributed by atoms with Crippen molar-refractivity contribution in [3.8, 4) is 0 Å². The molecule has 0 aliphatic carbocycles. The Bertz CT molecular complexity index is 1220. The van der Waals surface area contributed by atoms with Crippen LogP contribution in [0.3, 0.4) is 0 Å². The maximum absolute atomic E-state index is 14.1. The number of carbonyl (C=O) groups excluding carboxylic acids is 2. The second-order valence-electron chi connectivity index (χ2n) is 16.3. The van der Waals surface area contributed by atoms with Crippen LogP contribution >= 0.6 is 0 Å². The minimum absolute atomic E-state index is 0.0909. The highest BCUT2D eigenvalue weighted by atomic mass is 16.7. The van der Waals surface area contributed by atoms with E-state index in [4.69, 9.17) is 28.4 Å². The minimum atomic E-state index is -2.15. The minimum Gasteiger partial charge on any atom is -0.459 e. The van der Waals surface area contributed by atoms with Crippen LogP contribution in [0.2, 0.25) is 0 Å². The normalized spacial score (nSPS) is 52.6. The third kappa shape index (κ3) is 6.92. The molecule has 4 rings (SSSR count). The van der Waals surface area contributed by atoms with Gasteiger partial charge in [0.1, 0.15) is 29.2 Å². The van der Waals surface area contributed by atoms with Crippen molar-refractivity contribution in [2.45, 2.75) is 172 Å². The summed E-state index contributed by atoms with van der Waals surface area (Å²) in [5.41, 5.74) is -7.26. The Morgan fingerprint density at radius 2 is 1.52 bits per heavy atom. The molecule has 0 bridgehead atoms. The summed E-state index contributed by atoms with van der Waals surface area (Å²) in [6.45, 7) is 14.7. The fraction of sp³-hybridized carbons (Fsp3) is 0.944. The molecule has 50 heavy (non-hydrogen) atoms. The summed E-state index contributed by atoms with van der Waals surface area (Å²) in [5, 5.41) is 59.7. The molecule has 14 heteroatoms. The van der Waals surface area contributed by atoms with E-state index >= 15 is 0 Å². The molecule has 0 spiro atoms. The van der Waals surface area contributed by atoms with E-state index in [0.717, 1.165) is 0 Å². The van der Waals surface area contributed by atoms with Gasteiger partial charge in [-0.05, 0) is 68.0 Å². The molecule has 4 aliphatic rings. The highest BCUT2D eigenvalue weighted by Gasteiger charge is 2.73. The van der Waals surface area contributed by atoms with E-state index in [1.807, 2.05) is 6.92 Å². The average molecular weight is 718 g/mol. The molecule has 4 aliphatic heterocycles. The van der Waals surface area contributed by atoms with Gasteiger partial charge < -0.3 is 58.9 Å². The van der Waals surface area contributed by atoms with Crippen LogP contribution in [0.1, 0.15) is 88.0 Å². The summed E-state index contributed by atoms with van der Waals surface area (Å²) in [6.07, 6.45) is -9.20. The second-order valence-corrected chi connectivity index (χ2v) is 16.3. The summed E-state index contributed by atoms with van der Waals surface area (Å²) >= 11 is 0. The lowest BCUT2D eigenvalue weighted by Crippen LogP contribution is -2.72. The number of hydrogen-bond acceptors (Lipinski definition) is 14. The van der Waals surface area contributed by atoms with Gasteiger partial charge in [0.25, 0.3) is 0 Å². The van der Waals surface area contributed by atoms with E-state index in [2.05, 4.69) is 0 Å². The van der Waals surface area contributed by atoms with Gasteiger partial charge in [-0.3, -0.25) is 9.59 Å². The van der Waals surface area contributed by atoms with E-state index < -0.39 is 113 Å². The Morgan fingerprint density at radius 3 is 2.08 bits per heavy atom. The van der Waals surface area contributed by atoms with Gasteiger partial charge >= 0.3 is 5.97 Å². The molecule has 0 amide bonds. The number of nitrogens with zero attached hydrogens (tertiary/aromatic N) is 1. The van der Waals surface area contributed by atoms with Crippen molar-refractivity contribution in [1.29, 1.82) is 0 Å². The first-order valence-electron chi connectivity index (χ1n) is 18.1. The van der Waals surface area contributed by atoms with Crippen molar-refractivity contribution in [1.82, 2.24) is 4.90 Å². The van der Waals surface area contributed by atoms with Crippen LogP contribution in [0, 0.1) is 23.7 Å². The zero-order valence-corrected chi connectivity index (χ0v) is 31.9. The molecule has 0 aromatic carbocycles. The predicted octanol–water partition coefficient (Wildman–Crippen LogP) is 1.15. The first kappa shape index (κ1) is 41.5.